The Labute approximate surface area is 138 Å². The monoisotopic (exact) mass is 333 g/mol. The number of hydrogen-bond acceptors (Lipinski definition) is 2. The van der Waals surface area contributed by atoms with Gasteiger partial charge in [0.25, 0.3) is 5.91 Å². The Bertz CT molecular complexity index is 672. The molecule has 1 fully saturated rings. The molecule has 0 aromatic heterocycles. The molecule has 0 radical (unpaired) electrons. The number of nitrogens with zero attached hydrogens (tertiary/aromatic N) is 1. The molecule has 0 aliphatic carbocycles. The van der Waals surface area contributed by atoms with E-state index in [9.17, 15) is 13.6 Å². The third-order valence-corrected chi connectivity index (χ3v) is 5.31. The SMILES string of the molecule is O=C(c1c(F)cccc1F)N1CCSC(c2ccccc2)CC1. The predicted molar refractivity (Wildman–Crippen MR) is 88.5 cm³/mol. The molecule has 0 bridgehead atoms. The van der Waals surface area contributed by atoms with Crippen LogP contribution in [0.15, 0.2) is 48.5 Å². The molecule has 1 aliphatic heterocycles. The number of benzene rings is 2. The van der Waals surface area contributed by atoms with E-state index >= 15 is 0 Å². The standard InChI is InChI=1S/C18H17F2NOS/c19-14-7-4-8-15(20)17(14)18(22)21-10-9-16(23-12-11-21)13-5-2-1-3-6-13/h1-8,16H,9-12H2. The molecule has 120 valence electrons. The van der Waals surface area contributed by atoms with Gasteiger partial charge in [0.15, 0.2) is 0 Å². The van der Waals surface area contributed by atoms with E-state index in [-0.39, 0.29) is 0 Å². The average Bonchev–Trinajstić information content (AvgIpc) is 2.81. The van der Waals surface area contributed by atoms with E-state index in [0.717, 1.165) is 24.3 Å². The van der Waals surface area contributed by atoms with Crippen LogP contribution >= 0.6 is 11.8 Å². The first-order valence-electron chi connectivity index (χ1n) is 7.56. The zero-order valence-corrected chi connectivity index (χ0v) is 13.4. The number of amides is 1. The fourth-order valence-corrected chi connectivity index (χ4v) is 4.00. The van der Waals surface area contributed by atoms with Crippen molar-refractivity contribution in [3.63, 3.8) is 0 Å². The predicted octanol–water partition coefficient (Wildman–Crippen LogP) is 4.29. The van der Waals surface area contributed by atoms with Gasteiger partial charge in [-0.25, -0.2) is 8.78 Å². The number of halogens is 2. The molecule has 1 heterocycles. The van der Waals surface area contributed by atoms with Crippen LogP contribution in [0.25, 0.3) is 0 Å². The van der Waals surface area contributed by atoms with E-state index in [4.69, 9.17) is 0 Å². The van der Waals surface area contributed by atoms with Gasteiger partial charge in [-0.05, 0) is 24.1 Å². The molecule has 2 aromatic carbocycles. The number of carbonyl (C=O) groups is 1. The quantitative estimate of drug-likeness (QED) is 0.817. The topological polar surface area (TPSA) is 20.3 Å². The van der Waals surface area contributed by atoms with Crippen molar-refractivity contribution in [3.8, 4) is 0 Å². The molecule has 1 aliphatic rings. The first-order valence-corrected chi connectivity index (χ1v) is 8.61. The van der Waals surface area contributed by atoms with Crippen LogP contribution in [-0.2, 0) is 0 Å². The Morgan fingerprint density at radius 2 is 1.70 bits per heavy atom. The van der Waals surface area contributed by atoms with Crippen LogP contribution in [0.5, 0.6) is 0 Å². The Balaban J connectivity index is 1.74. The summed E-state index contributed by atoms with van der Waals surface area (Å²) in [6.07, 6.45) is 0.774. The van der Waals surface area contributed by atoms with Crippen molar-refractivity contribution >= 4 is 17.7 Å². The lowest BCUT2D eigenvalue weighted by Crippen LogP contribution is -2.34. The number of hydrogen-bond donors (Lipinski definition) is 0. The summed E-state index contributed by atoms with van der Waals surface area (Å²) in [6.45, 7) is 1.000. The molecule has 0 N–H and O–H groups in total. The highest BCUT2D eigenvalue weighted by Crippen LogP contribution is 2.34. The van der Waals surface area contributed by atoms with E-state index in [1.807, 2.05) is 18.2 Å². The highest BCUT2D eigenvalue weighted by molar-refractivity contribution is 7.99. The summed E-state index contributed by atoms with van der Waals surface area (Å²) >= 11 is 1.78. The Hall–Kier alpha value is -1.88. The van der Waals surface area contributed by atoms with Gasteiger partial charge in [0.05, 0.1) is 0 Å². The van der Waals surface area contributed by atoms with Crippen LogP contribution in [0.3, 0.4) is 0 Å². The summed E-state index contributed by atoms with van der Waals surface area (Å²) < 4.78 is 27.6. The minimum absolute atomic E-state index is 0.305. The number of thioether (sulfide) groups is 1. The van der Waals surface area contributed by atoms with E-state index in [1.165, 1.54) is 11.6 Å². The lowest BCUT2D eigenvalue weighted by Gasteiger charge is -2.21. The largest absolute Gasteiger partial charge is 0.338 e. The van der Waals surface area contributed by atoms with Gasteiger partial charge in [0.1, 0.15) is 17.2 Å². The van der Waals surface area contributed by atoms with E-state index in [2.05, 4.69) is 12.1 Å². The Morgan fingerprint density at radius 1 is 1.00 bits per heavy atom. The molecule has 1 atom stereocenters. The Morgan fingerprint density at radius 3 is 2.39 bits per heavy atom. The highest BCUT2D eigenvalue weighted by Gasteiger charge is 2.26. The van der Waals surface area contributed by atoms with Crippen molar-refractivity contribution in [2.24, 2.45) is 0 Å². The molecule has 3 rings (SSSR count). The molecule has 2 nitrogen and oxygen atoms in total. The molecular formula is C18H17F2NOS. The summed E-state index contributed by atoms with van der Waals surface area (Å²) in [5.41, 5.74) is 0.777. The normalized spacial score (nSPS) is 18.5. The molecule has 1 amide bonds. The molecule has 0 saturated carbocycles. The van der Waals surface area contributed by atoms with Gasteiger partial charge in [-0.1, -0.05) is 36.4 Å². The van der Waals surface area contributed by atoms with Gasteiger partial charge in [-0.3, -0.25) is 4.79 Å². The maximum atomic E-state index is 13.8. The zero-order chi connectivity index (χ0) is 16.2. The van der Waals surface area contributed by atoms with Crippen LogP contribution in [0.2, 0.25) is 0 Å². The minimum atomic E-state index is -0.800. The molecule has 1 unspecified atom stereocenters. The van der Waals surface area contributed by atoms with E-state index < -0.39 is 23.1 Å². The summed E-state index contributed by atoms with van der Waals surface area (Å²) in [7, 11) is 0. The molecule has 1 saturated heterocycles. The maximum Gasteiger partial charge on any atom is 0.259 e. The molecule has 5 heteroatoms. The van der Waals surface area contributed by atoms with Gasteiger partial charge in [-0.2, -0.15) is 11.8 Å². The van der Waals surface area contributed by atoms with Crippen LogP contribution in [0.1, 0.15) is 27.6 Å². The second kappa shape index (κ2) is 7.13. The maximum absolute atomic E-state index is 13.8. The first-order chi connectivity index (χ1) is 11.2. The van der Waals surface area contributed by atoms with Crippen molar-refractivity contribution < 1.29 is 13.6 Å². The third-order valence-electron chi connectivity index (χ3n) is 3.98. The molecule has 0 spiro atoms. The summed E-state index contributed by atoms with van der Waals surface area (Å²) in [5, 5.41) is 0.305. The van der Waals surface area contributed by atoms with Crippen molar-refractivity contribution in [1.29, 1.82) is 0 Å². The van der Waals surface area contributed by atoms with Crippen molar-refractivity contribution in [1.82, 2.24) is 4.90 Å². The smallest absolute Gasteiger partial charge is 0.259 e. The molecular weight excluding hydrogens is 316 g/mol. The van der Waals surface area contributed by atoms with Crippen LogP contribution in [0, 0.1) is 11.6 Å². The fraction of sp³-hybridized carbons (Fsp3) is 0.278. The van der Waals surface area contributed by atoms with Gasteiger partial charge in [0, 0.05) is 24.1 Å². The minimum Gasteiger partial charge on any atom is -0.338 e. The van der Waals surface area contributed by atoms with Crippen molar-refractivity contribution in [2.75, 3.05) is 18.8 Å². The summed E-state index contributed by atoms with van der Waals surface area (Å²) in [5.74, 6) is -1.41. The lowest BCUT2D eigenvalue weighted by atomic mass is 10.1. The lowest BCUT2D eigenvalue weighted by molar-refractivity contribution is 0.0757. The summed E-state index contributed by atoms with van der Waals surface area (Å²) in [4.78, 5) is 14.0. The zero-order valence-electron chi connectivity index (χ0n) is 12.5. The second-order valence-corrected chi connectivity index (χ2v) is 6.76. The van der Waals surface area contributed by atoms with Crippen molar-refractivity contribution in [3.05, 3.63) is 71.3 Å². The van der Waals surface area contributed by atoms with E-state index in [0.29, 0.717) is 18.3 Å². The third kappa shape index (κ3) is 3.55. The van der Waals surface area contributed by atoms with Crippen LogP contribution in [-0.4, -0.2) is 29.6 Å². The molecule has 2 aromatic rings. The first kappa shape index (κ1) is 16.0. The van der Waals surface area contributed by atoms with Gasteiger partial charge in [0.2, 0.25) is 0 Å². The fourth-order valence-electron chi connectivity index (χ4n) is 2.77. The Kier molecular flexibility index (Phi) is 4.96. The van der Waals surface area contributed by atoms with E-state index in [1.54, 1.807) is 16.7 Å². The van der Waals surface area contributed by atoms with Gasteiger partial charge < -0.3 is 4.90 Å². The number of rotatable bonds is 2. The highest BCUT2D eigenvalue weighted by atomic mass is 32.2. The average molecular weight is 333 g/mol. The van der Waals surface area contributed by atoms with Gasteiger partial charge in [-0.15, -0.1) is 0 Å². The van der Waals surface area contributed by atoms with Crippen LogP contribution < -0.4 is 0 Å². The van der Waals surface area contributed by atoms with Gasteiger partial charge >= 0.3 is 0 Å². The summed E-state index contributed by atoms with van der Waals surface area (Å²) in [6, 6.07) is 13.6. The second-order valence-electron chi connectivity index (χ2n) is 5.45. The van der Waals surface area contributed by atoms with Crippen LogP contribution in [0.4, 0.5) is 8.78 Å². The van der Waals surface area contributed by atoms with Crippen molar-refractivity contribution in [2.45, 2.75) is 11.7 Å². The molecule has 23 heavy (non-hydrogen) atoms. The number of carbonyl (C=O) groups excluding carboxylic acids is 1.